The molecule has 0 bridgehead atoms. The summed E-state index contributed by atoms with van der Waals surface area (Å²) in [5, 5.41) is 1.27. The topological polar surface area (TPSA) is 25.8 Å². The summed E-state index contributed by atoms with van der Waals surface area (Å²) >= 11 is 15.8. The lowest BCUT2D eigenvalue weighted by Crippen LogP contribution is -2.02. The van der Waals surface area contributed by atoms with Crippen LogP contribution in [0, 0.1) is 0 Å². The first-order valence-electron chi connectivity index (χ1n) is 6.66. The average Bonchev–Trinajstić information content (AvgIpc) is 2.64. The molecule has 1 aromatic carbocycles. The Labute approximate surface area is 136 Å². The van der Waals surface area contributed by atoms with Gasteiger partial charge in [-0.05, 0) is 59.8 Å². The van der Waals surface area contributed by atoms with Gasteiger partial charge >= 0.3 is 0 Å². The van der Waals surface area contributed by atoms with Crippen LogP contribution in [0.1, 0.15) is 30.5 Å². The highest BCUT2D eigenvalue weighted by Crippen LogP contribution is 2.32. The molecule has 1 aliphatic rings. The van der Waals surface area contributed by atoms with Crippen LogP contribution in [0.15, 0.2) is 22.7 Å². The van der Waals surface area contributed by atoms with Gasteiger partial charge in [0.15, 0.2) is 5.82 Å². The number of aromatic nitrogens is 2. The van der Waals surface area contributed by atoms with Crippen LogP contribution < -0.4 is 0 Å². The van der Waals surface area contributed by atoms with Crippen LogP contribution in [0.3, 0.4) is 0 Å². The van der Waals surface area contributed by atoms with E-state index >= 15 is 0 Å². The van der Waals surface area contributed by atoms with Gasteiger partial charge in [0.05, 0.1) is 0 Å². The van der Waals surface area contributed by atoms with Crippen molar-refractivity contribution in [2.75, 3.05) is 0 Å². The Morgan fingerprint density at radius 2 is 1.80 bits per heavy atom. The molecule has 20 heavy (non-hydrogen) atoms. The molecule has 1 heterocycles. The number of nitrogens with zero attached hydrogens (tertiary/aromatic N) is 2. The molecule has 0 aliphatic heterocycles. The van der Waals surface area contributed by atoms with E-state index in [0.29, 0.717) is 16.0 Å². The van der Waals surface area contributed by atoms with Gasteiger partial charge in [-0.15, -0.1) is 0 Å². The molecule has 0 saturated carbocycles. The van der Waals surface area contributed by atoms with E-state index in [4.69, 9.17) is 28.2 Å². The zero-order valence-corrected chi connectivity index (χ0v) is 13.9. The minimum atomic E-state index is 0.591. The maximum absolute atomic E-state index is 6.36. The van der Waals surface area contributed by atoms with E-state index in [2.05, 4.69) is 20.9 Å². The van der Waals surface area contributed by atoms with Gasteiger partial charge in [0.1, 0.15) is 5.15 Å². The zero-order valence-electron chi connectivity index (χ0n) is 10.8. The van der Waals surface area contributed by atoms with Crippen molar-refractivity contribution in [2.45, 2.75) is 32.1 Å². The molecule has 5 heteroatoms. The standard InChI is InChI=1S/C15H13BrCl2N2/c16-12-8-9(17)6-7-10(12)15-19-13-5-3-1-2-4-11(13)14(18)20-15/h6-8H,1-5H2. The van der Waals surface area contributed by atoms with Crippen LogP contribution in [0.5, 0.6) is 0 Å². The Hall–Kier alpha value is -0.640. The Balaban J connectivity index is 2.11. The molecule has 2 aromatic rings. The predicted molar refractivity (Wildman–Crippen MR) is 86.4 cm³/mol. The summed E-state index contributed by atoms with van der Waals surface area (Å²) in [4.78, 5) is 9.20. The van der Waals surface area contributed by atoms with Crippen LogP contribution in [0.25, 0.3) is 11.4 Å². The van der Waals surface area contributed by atoms with E-state index in [-0.39, 0.29) is 0 Å². The largest absolute Gasteiger partial charge is 0.233 e. The second kappa shape index (κ2) is 6.00. The monoisotopic (exact) mass is 370 g/mol. The molecule has 0 fully saturated rings. The second-order valence-corrected chi connectivity index (χ2v) is 6.60. The molecule has 104 valence electrons. The molecule has 0 spiro atoms. The quantitative estimate of drug-likeness (QED) is 0.489. The van der Waals surface area contributed by atoms with Gasteiger partial charge in [-0.1, -0.05) is 29.6 Å². The summed E-state index contributed by atoms with van der Waals surface area (Å²) in [5.74, 6) is 0.666. The number of hydrogen-bond donors (Lipinski definition) is 0. The van der Waals surface area contributed by atoms with Crippen molar-refractivity contribution >= 4 is 39.1 Å². The van der Waals surface area contributed by atoms with E-state index < -0.39 is 0 Å². The van der Waals surface area contributed by atoms with Crippen molar-refractivity contribution < 1.29 is 0 Å². The molecule has 1 aromatic heterocycles. The summed E-state index contributed by atoms with van der Waals surface area (Å²) in [6.07, 6.45) is 5.53. The van der Waals surface area contributed by atoms with E-state index in [1.165, 1.54) is 19.3 Å². The lowest BCUT2D eigenvalue weighted by Gasteiger charge is -2.10. The molecule has 0 N–H and O–H groups in total. The van der Waals surface area contributed by atoms with E-state index in [1.807, 2.05) is 18.2 Å². The fourth-order valence-electron chi connectivity index (χ4n) is 2.52. The number of hydrogen-bond acceptors (Lipinski definition) is 2. The summed E-state index contributed by atoms with van der Waals surface area (Å²) in [6, 6.07) is 5.60. The molecule has 0 amide bonds. The Bertz CT molecular complexity index is 659. The van der Waals surface area contributed by atoms with Gasteiger partial charge in [-0.3, -0.25) is 0 Å². The van der Waals surface area contributed by atoms with Gasteiger partial charge in [-0.25, -0.2) is 9.97 Å². The summed E-state index contributed by atoms with van der Waals surface area (Å²) < 4.78 is 0.884. The molecule has 0 atom stereocenters. The molecular weight excluding hydrogens is 359 g/mol. The van der Waals surface area contributed by atoms with Crippen molar-refractivity contribution in [3.63, 3.8) is 0 Å². The lowest BCUT2D eigenvalue weighted by molar-refractivity contribution is 0.709. The maximum Gasteiger partial charge on any atom is 0.162 e. The van der Waals surface area contributed by atoms with Gasteiger partial charge in [-0.2, -0.15) is 0 Å². The van der Waals surface area contributed by atoms with Crippen molar-refractivity contribution in [3.05, 3.63) is 44.1 Å². The predicted octanol–water partition coefficient (Wildman–Crippen LogP) is 5.48. The normalized spacial score (nSPS) is 14.8. The Kier molecular flexibility index (Phi) is 4.29. The first-order valence-corrected chi connectivity index (χ1v) is 8.21. The van der Waals surface area contributed by atoms with Crippen LogP contribution in [-0.4, -0.2) is 9.97 Å². The Morgan fingerprint density at radius 1 is 1.00 bits per heavy atom. The summed E-state index contributed by atoms with van der Waals surface area (Å²) in [5.41, 5.74) is 3.14. The van der Waals surface area contributed by atoms with Gasteiger partial charge in [0, 0.05) is 26.3 Å². The fraction of sp³-hybridized carbons (Fsp3) is 0.333. The molecular formula is C15H13BrCl2N2. The number of fused-ring (bicyclic) bond motifs is 1. The number of halogens is 3. The fourth-order valence-corrected chi connectivity index (χ4v) is 3.66. The highest BCUT2D eigenvalue weighted by molar-refractivity contribution is 9.10. The molecule has 0 saturated heterocycles. The van der Waals surface area contributed by atoms with Crippen molar-refractivity contribution in [1.29, 1.82) is 0 Å². The van der Waals surface area contributed by atoms with Crippen LogP contribution in [-0.2, 0) is 12.8 Å². The van der Waals surface area contributed by atoms with E-state index in [0.717, 1.165) is 34.1 Å². The molecule has 0 radical (unpaired) electrons. The first kappa shape index (κ1) is 14.3. The minimum absolute atomic E-state index is 0.591. The van der Waals surface area contributed by atoms with Crippen molar-refractivity contribution in [3.8, 4) is 11.4 Å². The molecule has 2 nitrogen and oxygen atoms in total. The molecule has 3 rings (SSSR count). The SMILES string of the molecule is Clc1ccc(-c2nc(Cl)c3c(n2)CCCCC3)c(Br)c1. The first-order chi connectivity index (χ1) is 9.65. The third-order valence-corrected chi connectivity index (χ3v) is 4.76. The maximum atomic E-state index is 6.36. The van der Waals surface area contributed by atoms with Gasteiger partial charge in [0.25, 0.3) is 0 Å². The number of rotatable bonds is 1. The average molecular weight is 372 g/mol. The molecule has 1 aliphatic carbocycles. The second-order valence-electron chi connectivity index (χ2n) is 4.95. The summed E-state index contributed by atoms with van der Waals surface area (Å²) in [7, 11) is 0. The Morgan fingerprint density at radius 3 is 2.60 bits per heavy atom. The highest BCUT2D eigenvalue weighted by Gasteiger charge is 2.17. The van der Waals surface area contributed by atoms with Crippen molar-refractivity contribution in [2.24, 2.45) is 0 Å². The smallest absolute Gasteiger partial charge is 0.162 e. The number of benzene rings is 1. The van der Waals surface area contributed by atoms with Crippen LogP contribution >= 0.6 is 39.1 Å². The van der Waals surface area contributed by atoms with Crippen LogP contribution in [0.2, 0.25) is 10.2 Å². The van der Waals surface area contributed by atoms with E-state index in [9.17, 15) is 0 Å². The van der Waals surface area contributed by atoms with Crippen molar-refractivity contribution in [1.82, 2.24) is 9.97 Å². The van der Waals surface area contributed by atoms with Gasteiger partial charge in [0.2, 0.25) is 0 Å². The van der Waals surface area contributed by atoms with Crippen LogP contribution in [0.4, 0.5) is 0 Å². The minimum Gasteiger partial charge on any atom is -0.233 e. The zero-order chi connectivity index (χ0) is 14.1. The summed E-state index contributed by atoms with van der Waals surface area (Å²) in [6.45, 7) is 0. The third kappa shape index (κ3) is 2.85. The van der Waals surface area contributed by atoms with Gasteiger partial charge < -0.3 is 0 Å². The lowest BCUT2D eigenvalue weighted by atomic mass is 10.1. The number of aryl methyl sites for hydroxylation is 1. The van der Waals surface area contributed by atoms with E-state index in [1.54, 1.807) is 0 Å². The highest BCUT2D eigenvalue weighted by atomic mass is 79.9. The third-order valence-electron chi connectivity index (χ3n) is 3.55. The molecule has 0 unspecified atom stereocenters.